The fourth-order valence-corrected chi connectivity index (χ4v) is 4.42. The van der Waals surface area contributed by atoms with Gasteiger partial charge in [0.15, 0.2) is 0 Å². The lowest BCUT2D eigenvalue weighted by Gasteiger charge is -2.31. The van der Waals surface area contributed by atoms with Crippen molar-refractivity contribution < 1.29 is 14.3 Å². The summed E-state index contributed by atoms with van der Waals surface area (Å²) in [6.45, 7) is 3.23. The second-order valence-electron chi connectivity index (χ2n) is 7.59. The summed E-state index contributed by atoms with van der Waals surface area (Å²) in [6.07, 6.45) is 7.26. The zero-order valence-corrected chi connectivity index (χ0v) is 14.8. The Morgan fingerprint density at radius 1 is 1.16 bits per heavy atom. The van der Waals surface area contributed by atoms with Crippen LogP contribution in [0.25, 0.3) is 0 Å². The molecule has 3 fully saturated rings. The summed E-state index contributed by atoms with van der Waals surface area (Å²) >= 11 is 0. The van der Waals surface area contributed by atoms with Crippen LogP contribution < -0.4 is 10.1 Å². The van der Waals surface area contributed by atoms with Crippen LogP contribution in [0.4, 0.5) is 10.5 Å². The zero-order chi connectivity index (χ0) is 17.1. The molecule has 5 heteroatoms. The van der Waals surface area contributed by atoms with Crippen molar-refractivity contribution in [2.75, 3.05) is 31.7 Å². The molecular formula is C20H28N2O3. The van der Waals surface area contributed by atoms with Gasteiger partial charge in [0, 0.05) is 30.8 Å². The SMILES string of the molecule is O=C(Nc1ccc(OC[C@@H]2CCOC2)cc1)N1CC[C@@H]2CCCC[C@H]21. The van der Waals surface area contributed by atoms with E-state index in [-0.39, 0.29) is 6.03 Å². The summed E-state index contributed by atoms with van der Waals surface area (Å²) in [5.74, 6) is 2.06. The molecule has 1 N–H and O–H groups in total. The average Bonchev–Trinajstić information content (AvgIpc) is 3.31. The molecule has 0 spiro atoms. The van der Waals surface area contributed by atoms with Crippen molar-refractivity contribution in [3.05, 3.63) is 24.3 Å². The number of nitrogens with zero attached hydrogens (tertiary/aromatic N) is 1. The lowest BCUT2D eigenvalue weighted by molar-refractivity contribution is 0.167. The molecule has 2 aliphatic heterocycles. The molecule has 5 nitrogen and oxygen atoms in total. The number of likely N-dealkylation sites (tertiary alicyclic amines) is 1. The number of anilines is 1. The van der Waals surface area contributed by atoms with Gasteiger partial charge in [0.1, 0.15) is 5.75 Å². The lowest BCUT2D eigenvalue weighted by atomic mass is 9.85. The highest BCUT2D eigenvalue weighted by atomic mass is 16.5. The van der Waals surface area contributed by atoms with E-state index in [0.717, 1.165) is 56.4 Å². The van der Waals surface area contributed by atoms with Gasteiger partial charge in [-0.25, -0.2) is 4.79 Å². The number of carbonyl (C=O) groups excluding carboxylic acids is 1. The molecule has 3 aliphatic rings. The van der Waals surface area contributed by atoms with Crippen molar-refractivity contribution in [3.63, 3.8) is 0 Å². The molecule has 136 valence electrons. The highest BCUT2D eigenvalue weighted by Gasteiger charge is 2.38. The fraction of sp³-hybridized carbons (Fsp3) is 0.650. The predicted molar refractivity (Wildman–Crippen MR) is 97.0 cm³/mol. The third-order valence-electron chi connectivity index (χ3n) is 5.89. The maximum Gasteiger partial charge on any atom is 0.322 e. The molecule has 0 aromatic heterocycles. The molecule has 25 heavy (non-hydrogen) atoms. The number of benzene rings is 1. The summed E-state index contributed by atoms with van der Waals surface area (Å²) in [5.41, 5.74) is 0.834. The Morgan fingerprint density at radius 3 is 2.80 bits per heavy atom. The van der Waals surface area contributed by atoms with Gasteiger partial charge in [-0.3, -0.25) is 0 Å². The maximum absolute atomic E-state index is 12.6. The van der Waals surface area contributed by atoms with E-state index < -0.39 is 0 Å². The van der Waals surface area contributed by atoms with E-state index in [0.29, 0.717) is 18.6 Å². The van der Waals surface area contributed by atoms with Gasteiger partial charge in [0.05, 0.1) is 13.2 Å². The number of urea groups is 1. The highest BCUT2D eigenvalue weighted by Crippen LogP contribution is 2.36. The Hall–Kier alpha value is -1.75. The maximum atomic E-state index is 12.6. The Labute approximate surface area is 149 Å². The topological polar surface area (TPSA) is 50.8 Å². The third-order valence-corrected chi connectivity index (χ3v) is 5.89. The lowest BCUT2D eigenvalue weighted by Crippen LogP contribution is -2.41. The largest absolute Gasteiger partial charge is 0.493 e. The van der Waals surface area contributed by atoms with Crippen LogP contribution in [0.1, 0.15) is 38.5 Å². The molecular weight excluding hydrogens is 316 g/mol. The van der Waals surface area contributed by atoms with Crippen LogP contribution >= 0.6 is 0 Å². The quantitative estimate of drug-likeness (QED) is 0.901. The van der Waals surface area contributed by atoms with Crippen LogP contribution in [0.15, 0.2) is 24.3 Å². The van der Waals surface area contributed by atoms with Crippen molar-refractivity contribution in [2.24, 2.45) is 11.8 Å². The summed E-state index contributed by atoms with van der Waals surface area (Å²) in [6, 6.07) is 8.20. The predicted octanol–water partition coefficient (Wildman–Crippen LogP) is 3.90. The fourth-order valence-electron chi connectivity index (χ4n) is 4.42. The van der Waals surface area contributed by atoms with Crippen molar-refractivity contribution in [2.45, 2.75) is 44.6 Å². The molecule has 2 saturated heterocycles. The van der Waals surface area contributed by atoms with E-state index in [2.05, 4.69) is 5.32 Å². The Balaban J connectivity index is 1.29. The van der Waals surface area contributed by atoms with Gasteiger partial charge in [-0.05, 0) is 55.9 Å². The second kappa shape index (κ2) is 7.65. The average molecular weight is 344 g/mol. The normalized spacial score (nSPS) is 28.6. The molecule has 0 unspecified atom stereocenters. The number of hydrogen-bond donors (Lipinski definition) is 1. The molecule has 1 aromatic carbocycles. The molecule has 1 aliphatic carbocycles. The molecule has 0 bridgehead atoms. The molecule has 4 rings (SSSR count). The van der Waals surface area contributed by atoms with Crippen LogP contribution in [-0.2, 0) is 4.74 Å². The first-order chi connectivity index (χ1) is 12.3. The Bertz CT molecular complexity index is 583. The molecule has 1 saturated carbocycles. The van der Waals surface area contributed by atoms with E-state index in [1.807, 2.05) is 29.2 Å². The van der Waals surface area contributed by atoms with Crippen LogP contribution in [0, 0.1) is 11.8 Å². The van der Waals surface area contributed by atoms with Crippen molar-refractivity contribution >= 4 is 11.7 Å². The monoisotopic (exact) mass is 344 g/mol. The van der Waals surface area contributed by atoms with Gasteiger partial charge in [-0.1, -0.05) is 12.8 Å². The van der Waals surface area contributed by atoms with Gasteiger partial charge in [0.2, 0.25) is 0 Å². The third kappa shape index (κ3) is 3.92. The first-order valence-corrected chi connectivity index (χ1v) is 9.68. The van der Waals surface area contributed by atoms with Crippen LogP contribution in [0.5, 0.6) is 5.75 Å². The first kappa shape index (κ1) is 16.7. The molecule has 2 amide bonds. The van der Waals surface area contributed by atoms with E-state index >= 15 is 0 Å². The van der Waals surface area contributed by atoms with Gasteiger partial charge in [-0.2, -0.15) is 0 Å². The molecule has 2 heterocycles. The van der Waals surface area contributed by atoms with E-state index in [1.54, 1.807) is 0 Å². The smallest absolute Gasteiger partial charge is 0.322 e. The second-order valence-corrected chi connectivity index (χ2v) is 7.59. The number of amides is 2. The molecule has 3 atom stereocenters. The standard InChI is InChI=1S/C20H28N2O3/c23-20(22-11-9-16-3-1-2-4-19(16)22)21-17-5-7-18(8-6-17)25-14-15-10-12-24-13-15/h5-8,15-16,19H,1-4,9-14H2,(H,21,23)/t15-,16+,19-/m1/s1. The van der Waals surface area contributed by atoms with Crippen molar-refractivity contribution in [1.82, 2.24) is 4.90 Å². The van der Waals surface area contributed by atoms with Gasteiger partial charge in [0.25, 0.3) is 0 Å². The molecule has 0 radical (unpaired) electrons. The van der Waals surface area contributed by atoms with E-state index in [1.165, 1.54) is 19.3 Å². The Kier molecular flexibility index (Phi) is 5.11. The van der Waals surface area contributed by atoms with E-state index in [9.17, 15) is 4.79 Å². The van der Waals surface area contributed by atoms with Gasteiger partial charge >= 0.3 is 6.03 Å². The van der Waals surface area contributed by atoms with Crippen LogP contribution in [0.3, 0.4) is 0 Å². The van der Waals surface area contributed by atoms with Crippen LogP contribution in [-0.4, -0.2) is 43.3 Å². The summed E-state index contributed by atoms with van der Waals surface area (Å²) < 4.78 is 11.2. The zero-order valence-electron chi connectivity index (χ0n) is 14.8. The number of fused-ring (bicyclic) bond motifs is 1. The minimum Gasteiger partial charge on any atom is -0.493 e. The number of nitrogens with one attached hydrogen (secondary N) is 1. The molecule has 1 aromatic rings. The van der Waals surface area contributed by atoms with Crippen molar-refractivity contribution in [3.8, 4) is 5.75 Å². The number of ether oxygens (including phenoxy) is 2. The first-order valence-electron chi connectivity index (χ1n) is 9.68. The number of hydrogen-bond acceptors (Lipinski definition) is 3. The summed E-state index contributed by atoms with van der Waals surface area (Å²) in [7, 11) is 0. The highest BCUT2D eigenvalue weighted by molar-refractivity contribution is 5.89. The minimum absolute atomic E-state index is 0.0474. The van der Waals surface area contributed by atoms with Gasteiger partial charge in [-0.15, -0.1) is 0 Å². The number of carbonyl (C=O) groups is 1. The number of rotatable bonds is 4. The van der Waals surface area contributed by atoms with E-state index in [4.69, 9.17) is 9.47 Å². The van der Waals surface area contributed by atoms with Gasteiger partial charge < -0.3 is 19.7 Å². The summed E-state index contributed by atoms with van der Waals surface area (Å²) in [4.78, 5) is 14.7. The van der Waals surface area contributed by atoms with Crippen LogP contribution in [0.2, 0.25) is 0 Å². The summed E-state index contributed by atoms with van der Waals surface area (Å²) in [5, 5.41) is 3.05. The minimum atomic E-state index is 0.0474. The van der Waals surface area contributed by atoms with Crippen molar-refractivity contribution in [1.29, 1.82) is 0 Å². The Morgan fingerprint density at radius 2 is 2.00 bits per heavy atom.